The van der Waals surface area contributed by atoms with Crippen LogP contribution >= 0.6 is 0 Å². The van der Waals surface area contributed by atoms with E-state index in [9.17, 15) is 5.11 Å². The van der Waals surface area contributed by atoms with E-state index in [4.69, 9.17) is 0 Å². The van der Waals surface area contributed by atoms with Crippen molar-refractivity contribution in [3.63, 3.8) is 0 Å². The summed E-state index contributed by atoms with van der Waals surface area (Å²) in [6.45, 7) is 6.05. The van der Waals surface area contributed by atoms with Crippen molar-refractivity contribution in [2.24, 2.45) is 5.92 Å². The van der Waals surface area contributed by atoms with Gasteiger partial charge in [-0.05, 0) is 33.0 Å². The maximum Gasteiger partial charge on any atom is 0.134 e. The molecule has 4 heteroatoms. The quantitative estimate of drug-likeness (QED) is 0.881. The zero-order valence-electron chi connectivity index (χ0n) is 11.7. The molecule has 3 atom stereocenters. The van der Waals surface area contributed by atoms with E-state index in [1.807, 2.05) is 12.1 Å². The van der Waals surface area contributed by atoms with E-state index in [-0.39, 0.29) is 0 Å². The summed E-state index contributed by atoms with van der Waals surface area (Å²) < 4.78 is 0. The standard InChI is InChI=1S/C14H23N3O/c1-10-8-17(9-13(10)16(3)4)14-12(11(2)18)6-5-7-15-14/h5-7,10-11,13,18H,8-9H2,1-4H3/t10?,11-,13?/m0/s1. The minimum absolute atomic E-state index is 0.470. The first-order valence-corrected chi connectivity index (χ1v) is 6.55. The number of nitrogens with zero attached hydrogens (tertiary/aromatic N) is 3. The first-order chi connectivity index (χ1) is 8.50. The maximum absolute atomic E-state index is 9.83. The van der Waals surface area contributed by atoms with Crippen molar-refractivity contribution in [3.8, 4) is 0 Å². The highest BCUT2D eigenvalue weighted by atomic mass is 16.3. The first-order valence-electron chi connectivity index (χ1n) is 6.55. The molecule has 1 aromatic heterocycles. The van der Waals surface area contributed by atoms with Crippen molar-refractivity contribution >= 4 is 5.82 Å². The Morgan fingerprint density at radius 2 is 2.17 bits per heavy atom. The van der Waals surface area contributed by atoms with Crippen molar-refractivity contribution in [2.75, 3.05) is 32.1 Å². The number of rotatable bonds is 3. The summed E-state index contributed by atoms with van der Waals surface area (Å²) in [5.41, 5.74) is 0.920. The molecule has 1 aliphatic rings. The molecule has 0 amide bonds. The average Bonchev–Trinajstić information content (AvgIpc) is 2.71. The van der Waals surface area contributed by atoms with Gasteiger partial charge in [-0.2, -0.15) is 0 Å². The summed E-state index contributed by atoms with van der Waals surface area (Å²) in [7, 11) is 4.25. The lowest BCUT2D eigenvalue weighted by Gasteiger charge is -2.24. The Morgan fingerprint density at radius 3 is 2.72 bits per heavy atom. The number of aliphatic hydroxyl groups excluding tert-OH is 1. The molecule has 100 valence electrons. The van der Waals surface area contributed by atoms with Crippen molar-refractivity contribution in [1.29, 1.82) is 0 Å². The molecule has 18 heavy (non-hydrogen) atoms. The maximum atomic E-state index is 9.83. The third-order valence-corrected chi connectivity index (χ3v) is 3.80. The number of aromatic nitrogens is 1. The summed E-state index contributed by atoms with van der Waals surface area (Å²) in [5, 5.41) is 9.83. The molecule has 0 radical (unpaired) electrons. The van der Waals surface area contributed by atoms with Gasteiger partial charge in [-0.3, -0.25) is 0 Å². The normalized spacial score (nSPS) is 25.8. The third kappa shape index (κ3) is 2.49. The minimum atomic E-state index is -0.470. The van der Waals surface area contributed by atoms with E-state index in [2.05, 4.69) is 35.8 Å². The Bertz CT molecular complexity index is 406. The Morgan fingerprint density at radius 1 is 1.44 bits per heavy atom. The van der Waals surface area contributed by atoms with E-state index in [0.29, 0.717) is 12.0 Å². The SMILES string of the molecule is CC1CN(c2ncccc2[C@H](C)O)CC1N(C)C. The molecule has 1 fully saturated rings. The molecule has 2 heterocycles. The Labute approximate surface area is 109 Å². The summed E-state index contributed by atoms with van der Waals surface area (Å²) >= 11 is 0. The zero-order valence-corrected chi connectivity index (χ0v) is 11.7. The molecule has 1 aromatic rings. The van der Waals surface area contributed by atoms with Crippen LogP contribution in [-0.2, 0) is 0 Å². The van der Waals surface area contributed by atoms with Crippen LogP contribution in [0.3, 0.4) is 0 Å². The fourth-order valence-electron chi connectivity index (χ4n) is 2.79. The van der Waals surface area contributed by atoms with Gasteiger partial charge in [-0.1, -0.05) is 13.0 Å². The molecule has 2 unspecified atom stereocenters. The lowest BCUT2D eigenvalue weighted by molar-refractivity contribution is 0.199. The van der Waals surface area contributed by atoms with Gasteiger partial charge in [0, 0.05) is 30.9 Å². The van der Waals surface area contributed by atoms with Crippen LogP contribution in [0.1, 0.15) is 25.5 Å². The fraction of sp³-hybridized carbons (Fsp3) is 0.643. The predicted molar refractivity (Wildman–Crippen MR) is 73.7 cm³/mol. The third-order valence-electron chi connectivity index (χ3n) is 3.80. The van der Waals surface area contributed by atoms with E-state index in [1.165, 1.54) is 0 Å². The number of hydrogen-bond acceptors (Lipinski definition) is 4. The number of anilines is 1. The van der Waals surface area contributed by atoms with Crippen molar-refractivity contribution in [1.82, 2.24) is 9.88 Å². The van der Waals surface area contributed by atoms with Gasteiger partial charge in [0.1, 0.15) is 5.82 Å². The van der Waals surface area contributed by atoms with Gasteiger partial charge < -0.3 is 14.9 Å². The monoisotopic (exact) mass is 249 g/mol. The largest absolute Gasteiger partial charge is 0.389 e. The van der Waals surface area contributed by atoms with Crippen LogP contribution in [-0.4, -0.2) is 48.2 Å². The van der Waals surface area contributed by atoms with Crippen LogP contribution in [0.2, 0.25) is 0 Å². The smallest absolute Gasteiger partial charge is 0.134 e. The van der Waals surface area contributed by atoms with E-state index in [0.717, 1.165) is 24.5 Å². The molecule has 2 rings (SSSR count). The number of aliphatic hydroxyl groups is 1. The van der Waals surface area contributed by atoms with Crippen molar-refractivity contribution in [2.45, 2.75) is 26.0 Å². The summed E-state index contributed by atoms with van der Waals surface area (Å²) in [6, 6.07) is 4.39. The second-order valence-electron chi connectivity index (χ2n) is 5.51. The number of hydrogen-bond donors (Lipinski definition) is 1. The zero-order chi connectivity index (χ0) is 13.3. The molecule has 1 saturated heterocycles. The van der Waals surface area contributed by atoms with Gasteiger partial charge >= 0.3 is 0 Å². The lowest BCUT2D eigenvalue weighted by Crippen LogP contribution is -2.34. The second-order valence-corrected chi connectivity index (χ2v) is 5.51. The van der Waals surface area contributed by atoms with Gasteiger partial charge in [0.2, 0.25) is 0 Å². The Hall–Kier alpha value is -1.13. The van der Waals surface area contributed by atoms with Crippen LogP contribution in [0, 0.1) is 5.92 Å². The lowest BCUT2D eigenvalue weighted by atomic mass is 10.1. The topological polar surface area (TPSA) is 39.6 Å². The molecule has 0 spiro atoms. The fourth-order valence-corrected chi connectivity index (χ4v) is 2.79. The van der Waals surface area contributed by atoms with E-state index >= 15 is 0 Å². The molecular weight excluding hydrogens is 226 g/mol. The number of likely N-dealkylation sites (N-methyl/N-ethyl adjacent to an activating group) is 1. The molecule has 4 nitrogen and oxygen atoms in total. The van der Waals surface area contributed by atoms with Crippen LogP contribution < -0.4 is 4.90 Å². The molecule has 0 aromatic carbocycles. The highest BCUT2D eigenvalue weighted by molar-refractivity contribution is 5.49. The summed E-state index contributed by atoms with van der Waals surface area (Å²) in [6.07, 6.45) is 1.33. The summed E-state index contributed by atoms with van der Waals surface area (Å²) in [5.74, 6) is 1.55. The van der Waals surface area contributed by atoms with Crippen molar-refractivity contribution in [3.05, 3.63) is 23.9 Å². The average molecular weight is 249 g/mol. The Kier molecular flexibility index (Phi) is 3.88. The van der Waals surface area contributed by atoms with E-state index < -0.39 is 6.10 Å². The highest BCUT2D eigenvalue weighted by Gasteiger charge is 2.32. The van der Waals surface area contributed by atoms with Crippen molar-refractivity contribution < 1.29 is 5.11 Å². The van der Waals surface area contributed by atoms with Crippen LogP contribution in [0.5, 0.6) is 0 Å². The molecule has 0 saturated carbocycles. The second kappa shape index (κ2) is 5.24. The minimum Gasteiger partial charge on any atom is -0.389 e. The van der Waals surface area contributed by atoms with Crippen LogP contribution in [0.15, 0.2) is 18.3 Å². The first kappa shape index (κ1) is 13.3. The predicted octanol–water partition coefficient (Wildman–Crippen LogP) is 1.52. The highest BCUT2D eigenvalue weighted by Crippen LogP contribution is 2.29. The molecule has 0 bridgehead atoms. The molecule has 1 N–H and O–H groups in total. The van der Waals surface area contributed by atoms with E-state index in [1.54, 1.807) is 13.1 Å². The van der Waals surface area contributed by atoms with Gasteiger partial charge in [0.05, 0.1) is 6.10 Å². The molecule has 1 aliphatic heterocycles. The van der Waals surface area contributed by atoms with Crippen LogP contribution in [0.25, 0.3) is 0 Å². The molecule has 0 aliphatic carbocycles. The van der Waals surface area contributed by atoms with Gasteiger partial charge in [-0.25, -0.2) is 4.98 Å². The Balaban J connectivity index is 2.24. The molecular formula is C14H23N3O. The van der Waals surface area contributed by atoms with Gasteiger partial charge in [0.25, 0.3) is 0 Å². The van der Waals surface area contributed by atoms with Crippen LogP contribution in [0.4, 0.5) is 5.82 Å². The number of pyridine rings is 1. The van der Waals surface area contributed by atoms with Gasteiger partial charge in [-0.15, -0.1) is 0 Å². The van der Waals surface area contributed by atoms with Gasteiger partial charge in [0.15, 0.2) is 0 Å². The summed E-state index contributed by atoms with van der Waals surface area (Å²) in [4.78, 5) is 9.02.